The molecule has 31 heavy (non-hydrogen) atoms. The molecular weight excluding hydrogens is 384 g/mol. The second-order valence-electron chi connectivity index (χ2n) is 7.46. The Morgan fingerprint density at radius 1 is 0.677 bits per heavy atom. The molecule has 0 atom stereocenters. The zero-order chi connectivity index (χ0) is 21.5. The predicted molar refractivity (Wildman–Crippen MR) is 127 cm³/mol. The maximum atomic E-state index is 6.25. The van der Waals surface area contributed by atoms with E-state index >= 15 is 0 Å². The summed E-state index contributed by atoms with van der Waals surface area (Å²) in [6.45, 7) is 1.01. The lowest BCUT2D eigenvalue weighted by atomic mass is 9.89. The largest absolute Gasteiger partial charge is 0.463 e. The highest BCUT2D eigenvalue weighted by Crippen LogP contribution is 2.34. The average molecular weight is 413 g/mol. The van der Waals surface area contributed by atoms with Gasteiger partial charge in [0.1, 0.15) is 18.1 Å². The normalized spacial score (nSPS) is 10.9. The van der Waals surface area contributed by atoms with E-state index in [1.807, 2.05) is 38.4 Å². The minimum atomic E-state index is 0.0136. The van der Waals surface area contributed by atoms with Crippen molar-refractivity contribution in [3.8, 4) is 0 Å². The second kappa shape index (κ2) is 10.0. The maximum absolute atomic E-state index is 6.25. The number of hydrogen-bond donors (Lipinski definition) is 2. The van der Waals surface area contributed by atoms with Crippen LogP contribution in [0.25, 0.3) is 0 Å². The smallest absolute Gasteiger partial charge is 0.129 e. The lowest BCUT2D eigenvalue weighted by molar-refractivity contribution is 0.0920. The van der Waals surface area contributed by atoms with E-state index < -0.39 is 0 Å². The van der Waals surface area contributed by atoms with E-state index in [9.17, 15) is 0 Å². The molecule has 0 spiro atoms. The van der Waals surface area contributed by atoms with Crippen LogP contribution in [0.2, 0.25) is 0 Å². The highest BCUT2D eigenvalue weighted by atomic mass is 16.5. The summed E-state index contributed by atoms with van der Waals surface area (Å²) in [5, 5.41) is 6.36. The predicted octanol–water partition coefficient (Wildman–Crippen LogP) is 6.26. The first-order valence-corrected chi connectivity index (χ1v) is 10.5. The van der Waals surface area contributed by atoms with Gasteiger partial charge in [-0.3, -0.25) is 0 Å². The molecule has 4 aromatic rings. The van der Waals surface area contributed by atoms with Crippen molar-refractivity contribution >= 4 is 11.4 Å². The summed E-state index contributed by atoms with van der Waals surface area (Å²) in [6, 6.07) is 31.2. The number of hydrogen-bond acceptors (Lipinski definition) is 4. The molecule has 0 fully saturated rings. The van der Waals surface area contributed by atoms with Crippen molar-refractivity contribution in [2.24, 2.45) is 0 Å². The summed E-state index contributed by atoms with van der Waals surface area (Å²) in [5.74, 6) is 1.75. The van der Waals surface area contributed by atoms with Crippen LogP contribution in [0.4, 0.5) is 11.4 Å². The van der Waals surface area contributed by atoms with E-state index in [-0.39, 0.29) is 5.92 Å². The van der Waals surface area contributed by atoms with Gasteiger partial charge >= 0.3 is 0 Å². The number of nitrogens with one attached hydrogen (secondary N) is 2. The summed E-state index contributed by atoms with van der Waals surface area (Å²) in [7, 11) is 3.86. The summed E-state index contributed by atoms with van der Waals surface area (Å²) >= 11 is 0. The van der Waals surface area contributed by atoms with Crippen LogP contribution in [0.1, 0.15) is 34.1 Å². The molecule has 2 N–H and O–H groups in total. The first-order chi connectivity index (χ1) is 15.3. The summed E-state index contributed by atoms with van der Waals surface area (Å²) in [6.07, 6.45) is 0. The minimum absolute atomic E-state index is 0.0136. The number of furan rings is 1. The fourth-order valence-electron chi connectivity index (χ4n) is 3.68. The molecule has 3 aromatic carbocycles. The van der Waals surface area contributed by atoms with E-state index in [1.54, 1.807) is 0 Å². The molecule has 0 amide bonds. The van der Waals surface area contributed by atoms with Crippen LogP contribution >= 0.6 is 0 Å². The van der Waals surface area contributed by atoms with Crippen molar-refractivity contribution in [1.82, 2.24) is 0 Å². The van der Waals surface area contributed by atoms with Crippen LogP contribution in [0.5, 0.6) is 0 Å². The third-order valence-electron chi connectivity index (χ3n) is 5.39. The highest BCUT2D eigenvalue weighted by molar-refractivity contribution is 5.51. The summed E-state index contributed by atoms with van der Waals surface area (Å²) < 4.78 is 12.1. The topological polar surface area (TPSA) is 46.4 Å². The molecule has 0 bridgehead atoms. The SMILES string of the molecule is CNc1ccc(C(c2ccc(NC)cc2)c2ccc(COCc3ccccc3)o2)cc1. The monoisotopic (exact) mass is 412 g/mol. The van der Waals surface area contributed by atoms with Gasteiger partial charge in [0.2, 0.25) is 0 Å². The molecule has 0 unspecified atom stereocenters. The first kappa shape index (κ1) is 20.8. The standard InChI is InChI=1S/C27H28N2O2/c1-28-23-12-8-21(9-13-23)27(22-10-14-24(29-2)15-11-22)26-17-16-25(31-26)19-30-18-20-6-4-3-5-7-20/h3-17,27-29H,18-19H2,1-2H3. The van der Waals surface area contributed by atoms with E-state index in [0.717, 1.165) is 28.5 Å². The van der Waals surface area contributed by atoms with Crippen molar-refractivity contribution in [2.75, 3.05) is 24.7 Å². The Kier molecular flexibility index (Phi) is 6.70. The lowest BCUT2D eigenvalue weighted by Gasteiger charge is -2.17. The van der Waals surface area contributed by atoms with E-state index in [1.165, 1.54) is 11.1 Å². The fraction of sp³-hybridized carbons (Fsp3) is 0.185. The molecule has 1 heterocycles. The number of rotatable bonds is 9. The molecule has 0 aliphatic carbocycles. The average Bonchev–Trinajstić information content (AvgIpc) is 3.29. The van der Waals surface area contributed by atoms with Crippen LogP contribution in [0, 0.1) is 0 Å². The number of ether oxygens (including phenoxy) is 1. The van der Waals surface area contributed by atoms with E-state index in [4.69, 9.17) is 9.15 Å². The van der Waals surface area contributed by atoms with Crippen LogP contribution in [-0.4, -0.2) is 14.1 Å². The quantitative estimate of drug-likeness (QED) is 0.341. The van der Waals surface area contributed by atoms with Crippen molar-refractivity contribution in [3.05, 3.63) is 119 Å². The molecule has 0 saturated carbocycles. The van der Waals surface area contributed by atoms with Gasteiger partial charge in [-0.15, -0.1) is 0 Å². The molecule has 1 aromatic heterocycles. The van der Waals surface area contributed by atoms with Crippen molar-refractivity contribution in [2.45, 2.75) is 19.1 Å². The second-order valence-corrected chi connectivity index (χ2v) is 7.46. The Morgan fingerprint density at radius 2 is 1.26 bits per heavy atom. The van der Waals surface area contributed by atoms with Crippen LogP contribution < -0.4 is 10.6 Å². The lowest BCUT2D eigenvalue weighted by Crippen LogP contribution is -2.03. The van der Waals surface area contributed by atoms with Gasteiger partial charge in [-0.05, 0) is 53.1 Å². The summed E-state index contributed by atoms with van der Waals surface area (Å²) in [5.41, 5.74) is 5.69. The highest BCUT2D eigenvalue weighted by Gasteiger charge is 2.20. The van der Waals surface area contributed by atoms with Gasteiger partial charge in [0.25, 0.3) is 0 Å². The van der Waals surface area contributed by atoms with Gasteiger partial charge in [-0.25, -0.2) is 0 Å². The Morgan fingerprint density at radius 3 is 1.81 bits per heavy atom. The van der Waals surface area contributed by atoms with Gasteiger partial charge < -0.3 is 19.8 Å². The Balaban J connectivity index is 1.56. The van der Waals surface area contributed by atoms with Gasteiger partial charge in [-0.2, -0.15) is 0 Å². The van der Waals surface area contributed by atoms with Gasteiger partial charge in [-0.1, -0.05) is 54.6 Å². The van der Waals surface area contributed by atoms with Crippen LogP contribution in [0.15, 0.2) is 95.4 Å². The van der Waals surface area contributed by atoms with Gasteiger partial charge in [0.15, 0.2) is 0 Å². The molecular formula is C27H28N2O2. The minimum Gasteiger partial charge on any atom is -0.463 e. The first-order valence-electron chi connectivity index (χ1n) is 10.5. The molecule has 4 nitrogen and oxygen atoms in total. The van der Waals surface area contributed by atoms with Crippen molar-refractivity contribution < 1.29 is 9.15 Å². The fourth-order valence-corrected chi connectivity index (χ4v) is 3.68. The molecule has 4 heteroatoms. The third-order valence-corrected chi connectivity index (χ3v) is 5.39. The molecule has 0 aliphatic heterocycles. The van der Waals surface area contributed by atoms with Crippen LogP contribution in [0.3, 0.4) is 0 Å². The Bertz CT molecular complexity index is 1020. The number of benzene rings is 3. The van der Waals surface area contributed by atoms with Gasteiger partial charge in [0.05, 0.1) is 12.5 Å². The van der Waals surface area contributed by atoms with E-state index in [2.05, 4.69) is 77.4 Å². The molecule has 4 rings (SSSR count). The maximum Gasteiger partial charge on any atom is 0.129 e. The number of anilines is 2. The van der Waals surface area contributed by atoms with Crippen LogP contribution in [-0.2, 0) is 18.0 Å². The van der Waals surface area contributed by atoms with Gasteiger partial charge in [0, 0.05) is 25.5 Å². The summed E-state index contributed by atoms with van der Waals surface area (Å²) in [4.78, 5) is 0. The van der Waals surface area contributed by atoms with E-state index in [0.29, 0.717) is 13.2 Å². The molecule has 0 radical (unpaired) electrons. The molecule has 0 aliphatic rings. The third kappa shape index (κ3) is 5.16. The molecule has 158 valence electrons. The molecule has 0 saturated heterocycles. The zero-order valence-electron chi connectivity index (χ0n) is 18.0. The Hall–Kier alpha value is -3.50. The van der Waals surface area contributed by atoms with Crippen molar-refractivity contribution in [3.63, 3.8) is 0 Å². The Labute approximate surface area is 183 Å². The zero-order valence-corrected chi connectivity index (χ0v) is 18.0. The van der Waals surface area contributed by atoms with Crippen molar-refractivity contribution in [1.29, 1.82) is 0 Å².